The Hall–Kier alpha value is -5.18. The molecule has 5 heterocycles. The first-order chi connectivity index (χ1) is 35.2. The van der Waals surface area contributed by atoms with Crippen molar-refractivity contribution in [2.75, 3.05) is 51.8 Å². The number of carbonyl (C=O) groups excluding carboxylic acids is 8. The Kier molecular flexibility index (Phi) is 15.5. The largest absolute Gasteiger partial charge is 0.347 e. The molecular formula is C54H74N10O8S2. The zero-order valence-electron chi connectivity index (χ0n) is 43.9. The summed E-state index contributed by atoms with van der Waals surface area (Å²) < 4.78 is 0. The minimum Gasteiger partial charge on any atom is -0.347 e. The van der Waals surface area contributed by atoms with Gasteiger partial charge in [0.25, 0.3) is 0 Å². The quantitative estimate of drug-likeness (QED) is 0.180. The second-order valence-corrected chi connectivity index (χ2v) is 25.3. The maximum atomic E-state index is 14.8. The van der Waals surface area contributed by atoms with E-state index in [4.69, 9.17) is 0 Å². The smallest absolute Gasteiger partial charge is 0.246 e. The molecule has 5 aliphatic heterocycles. The van der Waals surface area contributed by atoms with Gasteiger partial charge < -0.3 is 51.5 Å². The minimum atomic E-state index is -0.837. The molecule has 0 spiro atoms. The van der Waals surface area contributed by atoms with E-state index in [0.29, 0.717) is 50.0 Å². The summed E-state index contributed by atoms with van der Waals surface area (Å²) in [5.41, 5.74) is 2.45. The summed E-state index contributed by atoms with van der Waals surface area (Å²) in [5.74, 6) is -1.99. The Labute approximate surface area is 443 Å². The van der Waals surface area contributed by atoms with Crippen LogP contribution in [0, 0.1) is 22.7 Å². The van der Waals surface area contributed by atoms with Gasteiger partial charge in [0.2, 0.25) is 47.3 Å². The van der Waals surface area contributed by atoms with Crippen LogP contribution in [0.1, 0.15) is 102 Å². The van der Waals surface area contributed by atoms with Gasteiger partial charge in [-0.15, -0.1) is 23.5 Å². The lowest BCUT2D eigenvalue weighted by atomic mass is 9.83. The average Bonchev–Trinajstić information content (AvgIpc) is 4.04. The highest BCUT2D eigenvalue weighted by molar-refractivity contribution is 8.00. The van der Waals surface area contributed by atoms with Crippen LogP contribution in [0.4, 0.5) is 0 Å². The predicted molar refractivity (Wildman–Crippen MR) is 283 cm³/mol. The maximum absolute atomic E-state index is 14.8. The van der Waals surface area contributed by atoms with Gasteiger partial charge in [0.1, 0.15) is 24.2 Å². The molecule has 20 heteroatoms. The second kappa shape index (κ2) is 21.4. The third-order valence-corrected chi connectivity index (χ3v) is 19.5. The number of likely N-dealkylation sites (N-methyl/N-ethyl adjacent to an activating group) is 2. The summed E-state index contributed by atoms with van der Waals surface area (Å²) in [6, 6.07) is 10.0. The molecule has 5 fully saturated rings. The Bertz CT molecular complexity index is 2380. The lowest BCUT2D eigenvalue weighted by Crippen LogP contribution is -2.59. The lowest BCUT2D eigenvalue weighted by molar-refractivity contribution is -0.147. The van der Waals surface area contributed by atoms with Crippen LogP contribution in [0.25, 0.3) is 0 Å². The molecule has 0 bridgehead atoms. The number of thioether (sulfide) groups is 2. The summed E-state index contributed by atoms with van der Waals surface area (Å²) in [5, 5.41) is 17.8. The number of nitrogens with zero attached hydrogens (tertiary/aromatic N) is 4. The Morgan fingerprint density at radius 3 is 1.30 bits per heavy atom. The number of piperazine rings is 1. The van der Waals surface area contributed by atoms with Crippen molar-refractivity contribution < 1.29 is 38.4 Å². The molecule has 2 aromatic rings. The van der Waals surface area contributed by atoms with E-state index in [-0.39, 0.29) is 84.2 Å². The van der Waals surface area contributed by atoms with Crippen molar-refractivity contribution in [3.8, 4) is 0 Å². The number of hydrogen-bond acceptors (Lipinski definition) is 12. The summed E-state index contributed by atoms with van der Waals surface area (Å²) in [7, 11) is 3.37. The van der Waals surface area contributed by atoms with E-state index < -0.39 is 71.0 Å². The summed E-state index contributed by atoms with van der Waals surface area (Å²) in [6.07, 6.45) is 2.93. The first-order valence-electron chi connectivity index (χ1n) is 26.4. The molecule has 7 aliphatic rings. The van der Waals surface area contributed by atoms with Crippen LogP contribution in [0.2, 0.25) is 0 Å². The molecule has 9 rings (SSSR count). The third-order valence-electron chi connectivity index (χ3n) is 17.0. The fourth-order valence-corrected chi connectivity index (χ4v) is 15.8. The van der Waals surface area contributed by atoms with Gasteiger partial charge in [-0.05, 0) is 111 Å². The van der Waals surface area contributed by atoms with Gasteiger partial charge in [-0.1, -0.05) is 76.2 Å². The fourth-order valence-electron chi connectivity index (χ4n) is 12.6. The van der Waals surface area contributed by atoms with Gasteiger partial charge in [0.05, 0.1) is 46.8 Å². The second-order valence-electron chi connectivity index (χ2n) is 22.7. The molecule has 400 valence electrons. The van der Waals surface area contributed by atoms with Crippen LogP contribution < -0.4 is 31.9 Å². The van der Waals surface area contributed by atoms with Crippen LogP contribution >= 0.6 is 23.5 Å². The normalized spacial score (nSPS) is 30.7. The summed E-state index contributed by atoms with van der Waals surface area (Å²) in [4.78, 5) is 121. The summed E-state index contributed by atoms with van der Waals surface area (Å²) >= 11 is 3.26. The van der Waals surface area contributed by atoms with Crippen LogP contribution in [0.5, 0.6) is 0 Å². The van der Waals surface area contributed by atoms with Crippen molar-refractivity contribution in [1.82, 2.24) is 51.5 Å². The Balaban J connectivity index is 0.880. The minimum absolute atomic E-state index is 0.125. The number of rotatable bonds is 12. The van der Waals surface area contributed by atoms with Crippen molar-refractivity contribution in [2.45, 2.75) is 139 Å². The standard InChI is InChI=1S/C54H74N10O8S2/c1-29(55-7)45(65)57-37-17-23-73-39-27-53(3,4)43(63(39)51(37)71)47(67)59-41-33-15-11-9-13-31(33)25-35(41)49(69)61-19-21-62(22-20-61)50(70)36-26-32-14-10-12-16-34(32)42(36)60-48(68)44-54(5,6)28-40-64(44)52(72)38(18-24-74-40)58-46(66)30(2)56-8/h9-16,29-30,35-44,55-56H,17-28H2,1-8H3,(H,57,65)(H,58,66)(H,59,67)(H,60,68)/t29?,30?,35-,36-,37+,38+,39+,40+,41+,42+,43-,44-/m1/s1. The topological polar surface area (TPSA) is 222 Å². The molecule has 0 aromatic heterocycles. The van der Waals surface area contributed by atoms with Crippen molar-refractivity contribution >= 4 is 70.8 Å². The zero-order chi connectivity index (χ0) is 53.0. The fraction of sp³-hybridized carbons (Fsp3) is 0.630. The molecule has 18 nitrogen and oxygen atoms in total. The lowest BCUT2D eigenvalue weighted by Gasteiger charge is -2.39. The van der Waals surface area contributed by atoms with E-state index in [1.807, 2.05) is 76.2 Å². The van der Waals surface area contributed by atoms with Gasteiger partial charge in [0.15, 0.2) is 0 Å². The number of fused-ring (bicyclic) bond motifs is 4. The van der Waals surface area contributed by atoms with Gasteiger partial charge in [-0.3, -0.25) is 38.4 Å². The van der Waals surface area contributed by atoms with Crippen molar-refractivity contribution in [3.05, 3.63) is 70.8 Å². The average molecular weight is 1060 g/mol. The predicted octanol–water partition coefficient (Wildman–Crippen LogP) is 2.08. The number of carbonyl (C=O) groups is 8. The Morgan fingerprint density at radius 1 is 0.568 bits per heavy atom. The van der Waals surface area contributed by atoms with Crippen molar-refractivity contribution in [3.63, 3.8) is 0 Å². The van der Waals surface area contributed by atoms with Crippen LogP contribution in [-0.2, 0) is 51.2 Å². The third kappa shape index (κ3) is 10.2. The van der Waals surface area contributed by atoms with Gasteiger partial charge >= 0.3 is 0 Å². The number of hydrogen-bond donors (Lipinski definition) is 6. The molecule has 8 amide bonds. The van der Waals surface area contributed by atoms with E-state index in [2.05, 4.69) is 31.9 Å². The number of nitrogens with one attached hydrogen (secondary N) is 6. The Morgan fingerprint density at radius 2 is 0.932 bits per heavy atom. The molecular weight excluding hydrogens is 981 g/mol. The number of benzene rings is 2. The zero-order valence-corrected chi connectivity index (χ0v) is 45.5. The van der Waals surface area contributed by atoms with E-state index in [1.54, 1.807) is 71.1 Å². The first kappa shape index (κ1) is 53.6. The monoisotopic (exact) mass is 1050 g/mol. The molecule has 0 radical (unpaired) electrons. The van der Waals surface area contributed by atoms with Gasteiger partial charge in [-0.2, -0.15) is 0 Å². The maximum Gasteiger partial charge on any atom is 0.246 e. The van der Waals surface area contributed by atoms with Crippen LogP contribution in [-0.4, -0.2) is 166 Å². The molecule has 2 aliphatic carbocycles. The highest BCUT2D eigenvalue weighted by Gasteiger charge is 2.57. The van der Waals surface area contributed by atoms with Crippen molar-refractivity contribution in [2.24, 2.45) is 22.7 Å². The molecule has 12 atom stereocenters. The molecule has 5 saturated heterocycles. The SMILES string of the molecule is CNC(C)C(=O)N[C@H]1CCS[C@H]2CC(C)(C)[C@@H](C(=O)N[C@H]3c4ccccc4C[C@H]3C(=O)N3CCN(C(=O)[C@@H]4Cc5ccccc5[C@@H]4NC(=O)[C@H]4N5C(=O)[C@@H](NC(=O)C(C)NC)CCS[C@H]5CC4(C)C)CC3)N2C1=O. The summed E-state index contributed by atoms with van der Waals surface area (Å²) in [6.45, 7) is 12.6. The molecule has 2 unspecified atom stereocenters. The highest BCUT2D eigenvalue weighted by Crippen LogP contribution is 2.49. The van der Waals surface area contributed by atoms with Crippen molar-refractivity contribution in [1.29, 1.82) is 0 Å². The van der Waals surface area contributed by atoms with E-state index in [1.165, 1.54) is 0 Å². The van der Waals surface area contributed by atoms with Crippen LogP contribution in [0.3, 0.4) is 0 Å². The molecule has 2 aromatic carbocycles. The molecule has 0 saturated carbocycles. The van der Waals surface area contributed by atoms with E-state index >= 15 is 0 Å². The first-order valence-corrected chi connectivity index (χ1v) is 28.5. The van der Waals surface area contributed by atoms with Gasteiger partial charge in [-0.25, -0.2) is 0 Å². The molecule has 74 heavy (non-hydrogen) atoms. The molecule has 6 N–H and O–H groups in total. The number of amides is 8. The van der Waals surface area contributed by atoms with Crippen LogP contribution in [0.15, 0.2) is 48.5 Å². The van der Waals surface area contributed by atoms with E-state index in [0.717, 1.165) is 22.3 Å². The van der Waals surface area contributed by atoms with Gasteiger partial charge in [0, 0.05) is 26.2 Å². The van der Waals surface area contributed by atoms with E-state index in [9.17, 15) is 38.4 Å². The highest BCUT2D eigenvalue weighted by atomic mass is 32.2.